The lowest BCUT2D eigenvalue weighted by Crippen LogP contribution is -2.49. The SMILES string of the molecule is CCCC1(C(=O)O)CCCN(c2nccn(C)c2=O)C1. The van der Waals surface area contributed by atoms with Gasteiger partial charge in [-0.25, -0.2) is 4.98 Å². The van der Waals surface area contributed by atoms with E-state index < -0.39 is 11.4 Å². The Morgan fingerprint density at radius 1 is 1.55 bits per heavy atom. The first kappa shape index (κ1) is 14.6. The Labute approximate surface area is 118 Å². The summed E-state index contributed by atoms with van der Waals surface area (Å²) < 4.78 is 1.47. The zero-order chi connectivity index (χ0) is 14.8. The van der Waals surface area contributed by atoms with E-state index in [-0.39, 0.29) is 5.56 Å². The molecule has 2 rings (SSSR count). The summed E-state index contributed by atoms with van der Waals surface area (Å²) in [6, 6.07) is 0. The van der Waals surface area contributed by atoms with E-state index in [9.17, 15) is 14.7 Å². The topological polar surface area (TPSA) is 75.4 Å². The maximum Gasteiger partial charge on any atom is 0.311 e. The van der Waals surface area contributed by atoms with Crippen molar-refractivity contribution < 1.29 is 9.90 Å². The molecule has 1 aromatic heterocycles. The molecule has 1 aliphatic rings. The standard InChI is InChI=1S/C14H21N3O3/c1-3-5-14(13(19)20)6-4-8-17(10-14)11-12(18)16(2)9-7-15-11/h7,9H,3-6,8,10H2,1-2H3,(H,19,20). The van der Waals surface area contributed by atoms with Crippen LogP contribution in [-0.4, -0.2) is 33.7 Å². The first-order chi connectivity index (χ1) is 9.50. The maximum atomic E-state index is 12.1. The van der Waals surface area contributed by atoms with Crippen LogP contribution in [0.2, 0.25) is 0 Å². The summed E-state index contributed by atoms with van der Waals surface area (Å²) in [6.07, 6.45) is 6.07. The van der Waals surface area contributed by atoms with Crippen LogP contribution in [0.4, 0.5) is 5.82 Å². The second kappa shape index (κ2) is 5.64. The zero-order valence-electron chi connectivity index (χ0n) is 12.0. The van der Waals surface area contributed by atoms with Gasteiger partial charge in [0.05, 0.1) is 5.41 Å². The fourth-order valence-corrected chi connectivity index (χ4v) is 2.98. The monoisotopic (exact) mass is 279 g/mol. The average Bonchev–Trinajstić information content (AvgIpc) is 2.42. The number of carbonyl (C=O) groups is 1. The van der Waals surface area contributed by atoms with Gasteiger partial charge < -0.3 is 14.6 Å². The molecule has 1 aromatic rings. The second-order valence-corrected chi connectivity index (χ2v) is 5.53. The number of carboxylic acids is 1. The molecule has 0 amide bonds. The van der Waals surface area contributed by atoms with Crippen molar-refractivity contribution in [2.75, 3.05) is 18.0 Å². The molecule has 0 radical (unpaired) electrons. The van der Waals surface area contributed by atoms with Crippen molar-refractivity contribution in [3.63, 3.8) is 0 Å². The Morgan fingerprint density at radius 2 is 2.30 bits per heavy atom. The van der Waals surface area contributed by atoms with Crippen LogP contribution in [0.5, 0.6) is 0 Å². The number of carboxylic acid groups (broad SMARTS) is 1. The van der Waals surface area contributed by atoms with Gasteiger partial charge in [-0.3, -0.25) is 9.59 Å². The van der Waals surface area contributed by atoms with Gasteiger partial charge in [0.2, 0.25) is 0 Å². The summed E-state index contributed by atoms with van der Waals surface area (Å²) in [7, 11) is 1.67. The van der Waals surface area contributed by atoms with Gasteiger partial charge in [0.25, 0.3) is 5.56 Å². The van der Waals surface area contributed by atoms with E-state index in [0.717, 1.165) is 12.8 Å². The van der Waals surface area contributed by atoms with Crippen LogP contribution >= 0.6 is 0 Å². The highest BCUT2D eigenvalue weighted by Crippen LogP contribution is 2.35. The molecule has 0 spiro atoms. The van der Waals surface area contributed by atoms with Gasteiger partial charge in [-0.15, -0.1) is 0 Å². The number of aromatic nitrogens is 2. The molecule has 0 saturated carbocycles. The Kier molecular flexibility index (Phi) is 4.11. The van der Waals surface area contributed by atoms with Gasteiger partial charge in [0, 0.05) is 32.5 Å². The van der Waals surface area contributed by atoms with E-state index in [0.29, 0.717) is 31.7 Å². The van der Waals surface area contributed by atoms with Gasteiger partial charge in [-0.1, -0.05) is 13.3 Å². The molecule has 1 unspecified atom stereocenters. The largest absolute Gasteiger partial charge is 0.481 e. The molecule has 1 aliphatic heterocycles. The fourth-order valence-electron chi connectivity index (χ4n) is 2.98. The highest BCUT2D eigenvalue weighted by molar-refractivity contribution is 5.76. The van der Waals surface area contributed by atoms with Gasteiger partial charge >= 0.3 is 5.97 Å². The molecule has 0 bridgehead atoms. The Morgan fingerprint density at radius 3 is 2.95 bits per heavy atom. The van der Waals surface area contributed by atoms with E-state index in [2.05, 4.69) is 4.98 Å². The first-order valence-corrected chi connectivity index (χ1v) is 7.00. The quantitative estimate of drug-likeness (QED) is 0.897. The van der Waals surface area contributed by atoms with Crippen LogP contribution in [0.3, 0.4) is 0 Å². The van der Waals surface area contributed by atoms with Crippen molar-refractivity contribution >= 4 is 11.8 Å². The minimum absolute atomic E-state index is 0.176. The molecular weight excluding hydrogens is 258 g/mol. The normalized spacial score (nSPS) is 22.8. The predicted molar refractivity (Wildman–Crippen MR) is 75.9 cm³/mol. The van der Waals surface area contributed by atoms with Crippen LogP contribution in [0.15, 0.2) is 17.2 Å². The van der Waals surface area contributed by atoms with Crippen LogP contribution in [0.1, 0.15) is 32.6 Å². The summed E-state index contributed by atoms with van der Waals surface area (Å²) in [5.74, 6) is -0.409. The summed E-state index contributed by atoms with van der Waals surface area (Å²) >= 11 is 0. The molecule has 1 fully saturated rings. The number of aryl methyl sites for hydroxylation is 1. The summed E-state index contributed by atoms with van der Waals surface area (Å²) in [4.78, 5) is 29.8. The molecule has 6 heteroatoms. The number of aliphatic carboxylic acids is 1. The molecule has 20 heavy (non-hydrogen) atoms. The van der Waals surface area contributed by atoms with Crippen LogP contribution in [-0.2, 0) is 11.8 Å². The number of piperidine rings is 1. The lowest BCUT2D eigenvalue weighted by Gasteiger charge is -2.40. The van der Waals surface area contributed by atoms with E-state index in [4.69, 9.17) is 0 Å². The average molecular weight is 279 g/mol. The van der Waals surface area contributed by atoms with Gasteiger partial charge in [-0.2, -0.15) is 0 Å². The molecule has 1 N–H and O–H groups in total. The van der Waals surface area contributed by atoms with Gasteiger partial charge in [0.15, 0.2) is 5.82 Å². The molecule has 110 valence electrons. The number of nitrogens with zero attached hydrogens (tertiary/aromatic N) is 3. The first-order valence-electron chi connectivity index (χ1n) is 7.00. The molecule has 0 aliphatic carbocycles. The lowest BCUT2D eigenvalue weighted by molar-refractivity contribution is -0.150. The number of hydrogen-bond acceptors (Lipinski definition) is 4. The van der Waals surface area contributed by atoms with Gasteiger partial charge in [0.1, 0.15) is 0 Å². The molecule has 1 atom stereocenters. The zero-order valence-corrected chi connectivity index (χ0v) is 12.0. The highest BCUT2D eigenvalue weighted by Gasteiger charge is 2.42. The van der Waals surface area contributed by atoms with E-state index in [1.54, 1.807) is 19.4 Å². The third-order valence-corrected chi connectivity index (χ3v) is 4.06. The van der Waals surface area contributed by atoms with Crippen molar-refractivity contribution in [1.29, 1.82) is 0 Å². The third kappa shape index (κ3) is 2.55. The second-order valence-electron chi connectivity index (χ2n) is 5.53. The maximum absolute atomic E-state index is 12.1. The highest BCUT2D eigenvalue weighted by atomic mass is 16.4. The Hall–Kier alpha value is -1.85. The van der Waals surface area contributed by atoms with E-state index in [1.807, 2.05) is 11.8 Å². The van der Waals surface area contributed by atoms with Crippen LogP contribution in [0.25, 0.3) is 0 Å². The Bertz CT molecular complexity index is 551. The Balaban J connectivity index is 2.32. The van der Waals surface area contributed by atoms with Crippen LogP contribution < -0.4 is 10.5 Å². The fraction of sp³-hybridized carbons (Fsp3) is 0.643. The minimum Gasteiger partial charge on any atom is -0.481 e. The van der Waals surface area contributed by atoms with E-state index >= 15 is 0 Å². The smallest absolute Gasteiger partial charge is 0.311 e. The van der Waals surface area contributed by atoms with E-state index in [1.165, 1.54) is 4.57 Å². The molecule has 0 aromatic carbocycles. The lowest BCUT2D eigenvalue weighted by atomic mass is 9.76. The molecule has 6 nitrogen and oxygen atoms in total. The number of anilines is 1. The number of rotatable bonds is 4. The van der Waals surface area contributed by atoms with Crippen molar-refractivity contribution in [2.24, 2.45) is 12.5 Å². The van der Waals surface area contributed by atoms with Crippen molar-refractivity contribution in [3.8, 4) is 0 Å². The van der Waals surface area contributed by atoms with Gasteiger partial charge in [-0.05, 0) is 19.3 Å². The predicted octanol–water partition coefficient (Wildman–Crippen LogP) is 1.25. The summed E-state index contributed by atoms with van der Waals surface area (Å²) in [5, 5.41) is 9.58. The molecule has 2 heterocycles. The third-order valence-electron chi connectivity index (χ3n) is 4.06. The molecular formula is C14H21N3O3. The molecule has 1 saturated heterocycles. The minimum atomic E-state index is -0.767. The number of hydrogen-bond donors (Lipinski definition) is 1. The van der Waals surface area contributed by atoms with Crippen molar-refractivity contribution in [3.05, 3.63) is 22.7 Å². The van der Waals surface area contributed by atoms with Crippen molar-refractivity contribution in [1.82, 2.24) is 9.55 Å². The van der Waals surface area contributed by atoms with Crippen LogP contribution in [0, 0.1) is 5.41 Å². The summed E-state index contributed by atoms with van der Waals surface area (Å²) in [5.41, 5.74) is -0.930. The summed E-state index contributed by atoms with van der Waals surface area (Å²) in [6.45, 7) is 3.04. The van der Waals surface area contributed by atoms with Crippen molar-refractivity contribution in [2.45, 2.75) is 32.6 Å².